The van der Waals surface area contributed by atoms with Crippen LogP contribution in [0.15, 0.2) is 0 Å². The summed E-state index contributed by atoms with van der Waals surface area (Å²) in [5, 5.41) is 0. The van der Waals surface area contributed by atoms with Crippen molar-refractivity contribution in [2.45, 2.75) is 31.7 Å². The molecule has 1 aliphatic carbocycles. The summed E-state index contributed by atoms with van der Waals surface area (Å²) in [6.45, 7) is 1.00. The second-order valence-corrected chi connectivity index (χ2v) is 4.44. The maximum absolute atomic E-state index is 11.6. The van der Waals surface area contributed by atoms with Crippen molar-refractivity contribution < 1.29 is 4.79 Å². The van der Waals surface area contributed by atoms with Crippen LogP contribution < -0.4 is 0 Å². The quantitative estimate of drug-likeness (QED) is 0.557. The van der Waals surface area contributed by atoms with Crippen molar-refractivity contribution in [1.82, 2.24) is 9.80 Å². The summed E-state index contributed by atoms with van der Waals surface area (Å²) in [5.74, 6) is 0.817. The third-order valence-corrected chi connectivity index (χ3v) is 3.33. The van der Waals surface area contributed by atoms with E-state index in [1.807, 2.05) is 19.0 Å². The van der Waals surface area contributed by atoms with Gasteiger partial charge in [0.2, 0.25) is 0 Å². The average Bonchev–Trinajstić information content (AvgIpc) is 2.06. The van der Waals surface area contributed by atoms with Gasteiger partial charge in [-0.05, 0) is 18.8 Å². The first-order valence-corrected chi connectivity index (χ1v) is 5.18. The van der Waals surface area contributed by atoms with E-state index in [1.165, 1.54) is 25.7 Å². The Morgan fingerprint density at radius 3 is 2.62 bits per heavy atom. The van der Waals surface area contributed by atoms with E-state index in [4.69, 9.17) is 0 Å². The largest absolute Gasteiger partial charge is 0.331 e. The standard InChI is InChI=1S/C10H18N2O/c1-11(2)10(13)12-7-8-5-3-4-6-9(8)12/h8-9H,3-7H2,1-2H3/t8-,9-/m1/s1. The highest BCUT2D eigenvalue weighted by molar-refractivity contribution is 5.75. The molecule has 2 fully saturated rings. The van der Waals surface area contributed by atoms with Crippen molar-refractivity contribution in [1.29, 1.82) is 0 Å². The predicted octanol–water partition coefficient (Wildman–Crippen LogP) is 1.54. The van der Waals surface area contributed by atoms with E-state index in [9.17, 15) is 4.79 Å². The third kappa shape index (κ3) is 1.40. The summed E-state index contributed by atoms with van der Waals surface area (Å²) in [6.07, 6.45) is 5.23. The second kappa shape index (κ2) is 3.20. The molecule has 0 aromatic rings. The number of urea groups is 1. The van der Waals surface area contributed by atoms with Gasteiger partial charge in [-0.2, -0.15) is 0 Å². The lowest BCUT2D eigenvalue weighted by molar-refractivity contribution is 0.0101. The number of fused-ring (bicyclic) bond motifs is 1. The SMILES string of the molecule is CN(C)C(=O)N1C[C@H]2CCCC[C@H]21. The topological polar surface area (TPSA) is 23.6 Å². The van der Waals surface area contributed by atoms with Crippen LogP contribution in [-0.2, 0) is 0 Å². The number of likely N-dealkylation sites (tertiary alicyclic amines) is 1. The minimum atomic E-state index is 0.197. The van der Waals surface area contributed by atoms with Gasteiger partial charge >= 0.3 is 6.03 Å². The van der Waals surface area contributed by atoms with Gasteiger partial charge in [-0.1, -0.05) is 12.8 Å². The molecule has 13 heavy (non-hydrogen) atoms. The summed E-state index contributed by atoms with van der Waals surface area (Å²) >= 11 is 0. The first-order valence-electron chi connectivity index (χ1n) is 5.18. The van der Waals surface area contributed by atoms with Gasteiger partial charge in [-0.3, -0.25) is 0 Å². The van der Waals surface area contributed by atoms with Crippen molar-refractivity contribution in [3.05, 3.63) is 0 Å². The molecule has 2 amide bonds. The van der Waals surface area contributed by atoms with Crippen molar-refractivity contribution in [3.8, 4) is 0 Å². The maximum atomic E-state index is 11.6. The highest BCUT2D eigenvalue weighted by atomic mass is 16.2. The van der Waals surface area contributed by atoms with Crippen LogP contribution in [0.25, 0.3) is 0 Å². The van der Waals surface area contributed by atoms with E-state index in [1.54, 1.807) is 4.90 Å². The van der Waals surface area contributed by atoms with Crippen molar-refractivity contribution >= 4 is 6.03 Å². The Morgan fingerprint density at radius 2 is 2.00 bits per heavy atom. The molecule has 1 saturated carbocycles. The molecule has 0 aromatic heterocycles. The molecule has 2 atom stereocenters. The Morgan fingerprint density at radius 1 is 1.31 bits per heavy atom. The predicted molar refractivity (Wildman–Crippen MR) is 51.5 cm³/mol. The number of hydrogen-bond donors (Lipinski definition) is 0. The van der Waals surface area contributed by atoms with Crippen LogP contribution in [0.2, 0.25) is 0 Å². The molecule has 0 spiro atoms. The summed E-state index contributed by atoms with van der Waals surface area (Å²) in [6, 6.07) is 0.770. The first-order chi connectivity index (χ1) is 6.20. The molecule has 0 aromatic carbocycles. The molecule has 1 saturated heterocycles. The smallest absolute Gasteiger partial charge is 0.319 e. The number of amides is 2. The molecule has 74 valence electrons. The Labute approximate surface area is 79.7 Å². The van der Waals surface area contributed by atoms with Gasteiger partial charge in [0, 0.05) is 26.7 Å². The minimum absolute atomic E-state index is 0.197. The number of carbonyl (C=O) groups excluding carboxylic acids is 1. The van der Waals surface area contributed by atoms with Gasteiger partial charge in [-0.25, -0.2) is 4.79 Å². The Balaban J connectivity index is 1.94. The van der Waals surface area contributed by atoms with E-state index in [-0.39, 0.29) is 6.03 Å². The van der Waals surface area contributed by atoms with Gasteiger partial charge in [-0.15, -0.1) is 0 Å². The lowest BCUT2D eigenvalue weighted by Gasteiger charge is -2.51. The normalized spacial score (nSPS) is 32.0. The van der Waals surface area contributed by atoms with Crippen LogP contribution in [0.5, 0.6) is 0 Å². The fourth-order valence-electron chi connectivity index (χ4n) is 2.54. The van der Waals surface area contributed by atoms with E-state index in [2.05, 4.69) is 0 Å². The Kier molecular flexibility index (Phi) is 2.18. The molecular formula is C10H18N2O. The zero-order valence-corrected chi connectivity index (χ0v) is 8.49. The number of carbonyl (C=O) groups is 1. The lowest BCUT2D eigenvalue weighted by Crippen LogP contribution is -2.61. The molecule has 1 heterocycles. The van der Waals surface area contributed by atoms with E-state index < -0.39 is 0 Å². The van der Waals surface area contributed by atoms with Crippen molar-refractivity contribution in [2.24, 2.45) is 5.92 Å². The number of hydrogen-bond acceptors (Lipinski definition) is 1. The van der Waals surface area contributed by atoms with Gasteiger partial charge in [0.25, 0.3) is 0 Å². The summed E-state index contributed by atoms with van der Waals surface area (Å²) in [7, 11) is 3.66. The summed E-state index contributed by atoms with van der Waals surface area (Å²) < 4.78 is 0. The van der Waals surface area contributed by atoms with Crippen LogP contribution in [-0.4, -0.2) is 42.5 Å². The van der Waals surface area contributed by atoms with Crippen LogP contribution in [0.1, 0.15) is 25.7 Å². The highest BCUT2D eigenvalue weighted by Gasteiger charge is 2.43. The molecule has 3 nitrogen and oxygen atoms in total. The van der Waals surface area contributed by atoms with E-state index >= 15 is 0 Å². The first kappa shape index (κ1) is 8.85. The highest BCUT2D eigenvalue weighted by Crippen LogP contribution is 2.37. The van der Waals surface area contributed by atoms with Crippen LogP contribution in [0.4, 0.5) is 4.79 Å². The number of nitrogens with zero attached hydrogens (tertiary/aromatic N) is 2. The van der Waals surface area contributed by atoms with Gasteiger partial charge in [0.15, 0.2) is 0 Å². The average molecular weight is 182 g/mol. The molecule has 1 aliphatic heterocycles. The fraction of sp³-hybridized carbons (Fsp3) is 0.900. The van der Waals surface area contributed by atoms with Crippen LogP contribution in [0, 0.1) is 5.92 Å². The van der Waals surface area contributed by atoms with E-state index in [0.29, 0.717) is 6.04 Å². The second-order valence-electron chi connectivity index (χ2n) is 4.44. The fourth-order valence-corrected chi connectivity index (χ4v) is 2.54. The molecule has 0 N–H and O–H groups in total. The molecule has 0 radical (unpaired) electrons. The molecular weight excluding hydrogens is 164 g/mol. The molecule has 3 heteroatoms. The Hall–Kier alpha value is -0.730. The summed E-state index contributed by atoms with van der Waals surface area (Å²) in [5.41, 5.74) is 0. The Bertz CT molecular complexity index is 215. The zero-order valence-electron chi connectivity index (χ0n) is 8.49. The van der Waals surface area contributed by atoms with E-state index in [0.717, 1.165) is 12.5 Å². The molecule has 2 aliphatic rings. The van der Waals surface area contributed by atoms with Gasteiger partial charge in [0.05, 0.1) is 0 Å². The molecule has 0 unspecified atom stereocenters. The van der Waals surface area contributed by atoms with Crippen molar-refractivity contribution in [2.75, 3.05) is 20.6 Å². The van der Waals surface area contributed by atoms with Gasteiger partial charge < -0.3 is 9.80 Å². The molecule has 0 bridgehead atoms. The maximum Gasteiger partial charge on any atom is 0.319 e. The van der Waals surface area contributed by atoms with Crippen molar-refractivity contribution in [3.63, 3.8) is 0 Å². The monoisotopic (exact) mass is 182 g/mol. The summed E-state index contributed by atoms with van der Waals surface area (Å²) in [4.78, 5) is 15.3. The zero-order chi connectivity index (χ0) is 9.42. The minimum Gasteiger partial charge on any atom is -0.331 e. The van der Waals surface area contributed by atoms with Crippen LogP contribution >= 0.6 is 0 Å². The van der Waals surface area contributed by atoms with Gasteiger partial charge in [0.1, 0.15) is 0 Å². The molecule has 2 rings (SSSR count). The third-order valence-electron chi connectivity index (χ3n) is 3.33. The number of rotatable bonds is 0. The lowest BCUT2D eigenvalue weighted by atomic mass is 9.77. The van der Waals surface area contributed by atoms with Crippen LogP contribution in [0.3, 0.4) is 0 Å².